The molecular weight excluding hydrogens is 349 g/mol. The lowest BCUT2D eigenvalue weighted by Gasteiger charge is -2.34. The van der Waals surface area contributed by atoms with Crippen LogP contribution in [0, 0.1) is 11.7 Å². The molecule has 0 aliphatic carbocycles. The fourth-order valence-corrected chi connectivity index (χ4v) is 4.10. The van der Waals surface area contributed by atoms with Crippen molar-refractivity contribution in [1.82, 2.24) is 9.21 Å². The highest BCUT2D eigenvalue weighted by atomic mass is 32.2. The number of rotatable bonds is 3. The standard InChI is InChI=1S/C16H20FN3O4S/c1-25(23,24)19-8-6-18(7-9-19)16(22)12-10-15(21)20(11-12)14-5-3-2-4-13(14)17/h2-5,12H,6-11H2,1H3/t12-/m0/s1. The summed E-state index contributed by atoms with van der Waals surface area (Å²) in [6.45, 7) is 1.25. The van der Waals surface area contributed by atoms with Crippen LogP contribution in [0.25, 0.3) is 0 Å². The molecule has 0 radical (unpaired) electrons. The third-order valence-electron chi connectivity index (χ3n) is 4.64. The maximum absolute atomic E-state index is 13.9. The maximum Gasteiger partial charge on any atom is 0.228 e. The van der Waals surface area contributed by atoms with Gasteiger partial charge in [0.05, 0.1) is 17.9 Å². The molecule has 0 bridgehead atoms. The highest BCUT2D eigenvalue weighted by Crippen LogP contribution is 2.28. The van der Waals surface area contributed by atoms with Gasteiger partial charge in [-0.3, -0.25) is 9.59 Å². The van der Waals surface area contributed by atoms with Crippen LogP contribution in [0.3, 0.4) is 0 Å². The van der Waals surface area contributed by atoms with Crippen LogP contribution in [0.2, 0.25) is 0 Å². The minimum atomic E-state index is -3.26. The van der Waals surface area contributed by atoms with E-state index in [0.717, 1.165) is 6.26 Å². The van der Waals surface area contributed by atoms with E-state index in [1.54, 1.807) is 17.0 Å². The molecule has 2 saturated heterocycles. The average Bonchev–Trinajstić information content (AvgIpc) is 2.95. The summed E-state index contributed by atoms with van der Waals surface area (Å²) in [7, 11) is -3.26. The fraction of sp³-hybridized carbons (Fsp3) is 0.500. The van der Waals surface area contributed by atoms with Crippen LogP contribution in [0.5, 0.6) is 0 Å². The van der Waals surface area contributed by atoms with Gasteiger partial charge in [0.25, 0.3) is 0 Å². The number of nitrogens with zero attached hydrogens (tertiary/aromatic N) is 3. The third-order valence-corrected chi connectivity index (χ3v) is 5.94. The summed E-state index contributed by atoms with van der Waals surface area (Å²) in [5.74, 6) is -1.49. The zero-order valence-corrected chi connectivity index (χ0v) is 14.7. The molecule has 0 spiro atoms. The van der Waals surface area contributed by atoms with Crippen LogP contribution < -0.4 is 4.90 Å². The van der Waals surface area contributed by atoms with Crippen molar-refractivity contribution in [3.8, 4) is 0 Å². The Bertz CT molecular complexity index is 790. The van der Waals surface area contributed by atoms with Gasteiger partial charge in [0, 0.05) is 39.1 Å². The Morgan fingerprint density at radius 3 is 2.40 bits per heavy atom. The van der Waals surface area contributed by atoms with Gasteiger partial charge in [-0.2, -0.15) is 4.31 Å². The minimum absolute atomic E-state index is 0.0411. The van der Waals surface area contributed by atoms with Crippen molar-refractivity contribution in [1.29, 1.82) is 0 Å². The lowest BCUT2D eigenvalue weighted by Crippen LogP contribution is -2.51. The predicted octanol–water partition coefficient (Wildman–Crippen LogP) is 0.282. The minimum Gasteiger partial charge on any atom is -0.340 e. The number of anilines is 1. The third kappa shape index (κ3) is 3.67. The van der Waals surface area contributed by atoms with E-state index in [0.29, 0.717) is 13.1 Å². The highest BCUT2D eigenvalue weighted by molar-refractivity contribution is 7.88. The largest absolute Gasteiger partial charge is 0.340 e. The molecule has 2 aliphatic heterocycles. The van der Waals surface area contributed by atoms with Crippen LogP contribution in [-0.2, 0) is 19.6 Å². The summed E-state index contributed by atoms with van der Waals surface area (Å²) in [6.07, 6.45) is 1.19. The molecule has 25 heavy (non-hydrogen) atoms. The van der Waals surface area contributed by atoms with E-state index >= 15 is 0 Å². The van der Waals surface area contributed by atoms with Crippen LogP contribution in [-0.4, -0.2) is 68.4 Å². The number of amides is 2. The predicted molar refractivity (Wildman–Crippen MR) is 89.9 cm³/mol. The summed E-state index contributed by atoms with van der Waals surface area (Å²) < 4.78 is 38.3. The molecule has 1 atom stereocenters. The number of halogens is 1. The first-order chi connectivity index (χ1) is 11.8. The molecule has 2 amide bonds. The summed E-state index contributed by atoms with van der Waals surface area (Å²) in [5, 5.41) is 0. The summed E-state index contributed by atoms with van der Waals surface area (Å²) in [4.78, 5) is 27.8. The Morgan fingerprint density at radius 2 is 1.80 bits per heavy atom. The second kappa shape index (κ2) is 6.72. The Balaban J connectivity index is 1.65. The van der Waals surface area contributed by atoms with Gasteiger partial charge in [-0.25, -0.2) is 12.8 Å². The van der Waals surface area contributed by atoms with Crippen molar-refractivity contribution in [2.24, 2.45) is 5.92 Å². The topological polar surface area (TPSA) is 78.0 Å². The first-order valence-electron chi connectivity index (χ1n) is 8.06. The Hall–Kier alpha value is -2.00. The lowest BCUT2D eigenvalue weighted by atomic mass is 10.1. The molecule has 2 aliphatic rings. The molecule has 0 aromatic heterocycles. The van der Waals surface area contributed by atoms with Crippen molar-refractivity contribution in [3.63, 3.8) is 0 Å². The fourth-order valence-electron chi connectivity index (χ4n) is 3.27. The van der Waals surface area contributed by atoms with Gasteiger partial charge < -0.3 is 9.80 Å². The van der Waals surface area contributed by atoms with E-state index in [-0.39, 0.29) is 43.6 Å². The molecule has 1 aromatic carbocycles. The number of sulfonamides is 1. The lowest BCUT2D eigenvalue weighted by molar-refractivity contribution is -0.136. The van der Waals surface area contributed by atoms with Crippen LogP contribution in [0.1, 0.15) is 6.42 Å². The van der Waals surface area contributed by atoms with Crippen LogP contribution in [0.15, 0.2) is 24.3 Å². The number of hydrogen-bond donors (Lipinski definition) is 0. The zero-order chi connectivity index (χ0) is 18.2. The van der Waals surface area contributed by atoms with E-state index in [4.69, 9.17) is 0 Å². The van der Waals surface area contributed by atoms with Crippen molar-refractivity contribution >= 4 is 27.5 Å². The molecular formula is C16H20FN3O4S. The molecule has 136 valence electrons. The first-order valence-corrected chi connectivity index (χ1v) is 9.91. The average molecular weight is 369 g/mol. The van der Waals surface area contributed by atoms with Gasteiger partial charge in [0.2, 0.25) is 21.8 Å². The van der Waals surface area contributed by atoms with E-state index in [9.17, 15) is 22.4 Å². The Morgan fingerprint density at radius 1 is 1.16 bits per heavy atom. The van der Waals surface area contributed by atoms with E-state index in [1.165, 1.54) is 21.3 Å². The molecule has 9 heteroatoms. The monoisotopic (exact) mass is 369 g/mol. The molecule has 3 rings (SSSR count). The number of piperazine rings is 1. The van der Waals surface area contributed by atoms with Gasteiger partial charge >= 0.3 is 0 Å². The van der Waals surface area contributed by atoms with Gasteiger partial charge in [0.1, 0.15) is 5.82 Å². The van der Waals surface area contributed by atoms with Crippen molar-refractivity contribution in [3.05, 3.63) is 30.1 Å². The van der Waals surface area contributed by atoms with Gasteiger partial charge in [0.15, 0.2) is 0 Å². The number of carbonyl (C=O) groups is 2. The second-order valence-electron chi connectivity index (χ2n) is 6.34. The molecule has 0 saturated carbocycles. The molecule has 2 heterocycles. The van der Waals surface area contributed by atoms with E-state index in [1.807, 2.05) is 0 Å². The summed E-state index contributed by atoms with van der Waals surface area (Å²) in [6, 6.07) is 5.99. The van der Waals surface area contributed by atoms with E-state index < -0.39 is 21.8 Å². The number of para-hydroxylation sites is 1. The molecule has 0 unspecified atom stereocenters. The Kier molecular flexibility index (Phi) is 4.79. The quantitative estimate of drug-likeness (QED) is 0.767. The van der Waals surface area contributed by atoms with Gasteiger partial charge in [-0.05, 0) is 12.1 Å². The number of carbonyl (C=O) groups excluding carboxylic acids is 2. The highest BCUT2D eigenvalue weighted by Gasteiger charge is 2.39. The first kappa shape index (κ1) is 17.8. The maximum atomic E-state index is 13.9. The van der Waals surface area contributed by atoms with Crippen LogP contribution in [0.4, 0.5) is 10.1 Å². The summed E-state index contributed by atoms with van der Waals surface area (Å²) in [5.41, 5.74) is 0.185. The zero-order valence-electron chi connectivity index (χ0n) is 13.9. The van der Waals surface area contributed by atoms with Crippen molar-refractivity contribution in [2.45, 2.75) is 6.42 Å². The molecule has 7 nitrogen and oxygen atoms in total. The normalized spacial score (nSPS) is 22.5. The molecule has 2 fully saturated rings. The summed E-state index contributed by atoms with van der Waals surface area (Å²) >= 11 is 0. The molecule has 0 N–H and O–H groups in total. The Labute approximate surface area is 146 Å². The van der Waals surface area contributed by atoms with Gasteiger partial charge in [-0.1, -0.05) is 12.1 Å². The molecule has 1 aromatic rings. The van der Waals surface area contributed by atoms with Gasteiger partial charge in [-0.15, -0.1) is 0 Å². The SMILES string of the molecule is CS(=O)(=O)N1CCN(C(=O)[C@H]2CC(=O)N(c3ccccc3F)C2)CC1. The van der Waals surface area contributed by atoms with Crippen molar-refractivity contribution in [2.75, 3.05) is 43.9 Å². The smallest absolute Gasteiger partial charge is 0.228 e. The van der Waals surface area contributed by atoms with Crippen molar-refractivity contribution < 1.29 is 22.4 Å². The van der Waals surface area contributed by atoms with E-state index in [2.05, 4.69) is 0 Å². The van der Waals surface area contributed by atoms with Crippen LogP contribution >= 0.6 is 0 Å². The number of hydrogen-bond acceptors (Lipinski definition) is 4. The second-order valence-corrected chi connectivity index (χ2v) is 8.33. The number of benzene rings is 1.